The molecule has 2 rings (SSSR count). The Balaban J connectivity index is 2.26. The smallest absolute Gasteiger partial charge is 0.0991 e. The minimum Gasteiger partial charge on any atom is -0.387 e. The maximum atomic E-state index is 10.8. The molecule has 1 N–H and O–H groups in total. The van der Waals surface area contributed by atoms with Crippen molar-refractivity contribution in [3.63, 3.8) is 0 Å². The average molecular weight is 326 g/mol. The van der Waals surface area contributed by atoms with E-state index < -0.39 is 11.5 Å². The first-order valence-corrected chi connectivity index (χ1v) is 8.20. The van der Waals surface area contributed by atoms with Crippen molar-refractivity contribution < 1.29 is 5.11 Å². The molecule has 0 amide bonds. The molecule has 0 heterocycles. The minimum absolute atomic E-state index is 0.354. The molecule has 21 heavy (non-hydrogen) atoms. The molecule has 1 aliphatic carbocycles. The number of aliphatic hydroxyl groups excluding tert-OH is 1. The summed E-state index contributed by atoms with van der Waals surface area (Å²) in [6, 6.07) is 7.58. The van der Waals surface area contributed by atoms with Crippen LogP contribution in [0.4, 0.5) is 0 Å². The van der Waals surface area contributed by atoms with Gasteiger partial charge in [0.2, 0.25) is 0 Å². The molecule has 1 saturated carbocycles. The highest BCUT2D eigenvalue weighted by Gasteiger charge is 2.43. The number of hydrogen-bond acceptors (Lipinski definition) is 2. The summed E-state index contributed by atoms with van der Waals surface area (Å²) in [6.07, 6.45) is 2.47. The first-order chi connectivity index (χ1) is 9.91. The molecule has 1 unspecified atom stereocenters. The number of nitrogens with zero attached hydrogens (tertiary/aromatic N) is 1. The van der Waals surface area contributed by atoms with Crippen molar-refractivity contribution in [2.75, 3.05) is 0 Å². The Kier molecular flexibility index (Phi) is 5.20. The van der Waals surface area contributed by atoms with Crippen LogP contribution < -0.4 is 0 Å². The summed E-state index contributed by atoms with van der Waals surface area (Å²) in [7, 11) is 0. The molecule has 114 valence electrons. The highest BCUT2D eigenvalue weighted by atomic mass is 35.5. The maximum absolute atomic E-state index is 10.8. The molecule has 0 bridgehead atoms. The monoisotopic (exact) mass is 325 g/mol. The second-order valence-electron chi connectivity index (χ2n) is 6.39. The Bertz CT molecular complexity index is 542. The summed E-state index contributed by atoms with van der Waals surface area (Å²) < 4.78 is 0. The average Bonchev–Trinajstić information content (AvgIpc) is 2.49. The molecule has 0 aliphatic heterocycles. The lowest BCUT2D eigenvalue weighted by molar-refractivity contribution is 0.0191. The fourth-order valence-corrected chi connectivity index (χ4v) is 3.71. The van der Waals surface area contributed by atoms with Gasteiger partial charge in [0.05, 0.1) is 27.6 Å². The first-order valence-electron chi connectivity index (χ1n) is 7.44. The SMILES string of the molecule is CC(C)C1CCC(C#N)(C(O)c2cccc(Cl)c2Cl)CC1. The van der Waals surface area contributed by atoms with Gasteiger partial charge < -0.3 is 5.11 Å². The zero-order valence-electron chi connectivity index (χ0n) is 12.4. The van der Waals surface area contributed by atoms with E-state index in [1.165, 1.54) is 0 Å². The van der Waals surface area contributed by atoms with Gasteiger partial charge in [-0.2, -0.15) is 5.26 Å². The molecular weight excluding hydrogens is 305 g/mol. The van der Waals surface area contributed by atoms with Crippen LogP contribution in [0, 0.1) is 28.6 Å². The van der Waals surface area contributed by atoms with E-state index >= 15 is 0 Å². The van der Waals surface area contributed by atoms with Crippen molar-refractivity contribution in [2.24, 2.45) is 17.3 Å². The summed E-state index contributed by atoms with van der Waals surface area (Å²) in [4.78, 5) is 0. The number of benzene rings is 1. The van der Waals surface area contributed by atoms with Gasteiger partial charge >= 0.3 is 0 Å². The molecule has 2 nitrogen and oxygen atoms in total. The van der Waals surface area contributed by atoms with E-state index in [2.05, 4.69) is 19.9 Å². The Labute approximate surface area is 136 Å². The predicted molar refractivity (Wildman–Crippen MR) is 86.3 cm³/mol. The van der Waals surface area contributed by atoms with Crippen LogP contribution >= 0.6 is 23.2 Å². The fraction of sp³-hybridized carbons (Fsp3) is 0.588. The number of rotatable bonds is 3. The fourth-order valence-electron chi connectivity index (χ4n) is 3.30. The topological polar surface area (TPSA) is 44.0 Å². The van der Waals surface area contributed by atoms with E-state index in [0.717, 1.165) is 12.8 Å². The van der Waals surface area contributed by atoms with Gasteiger partial charge in [0, 0.05) is 5.56 Å². The van der Waals surface area contributed by atoms with Gasteiger partial charge in [-0.15, -0.1) is 0 Å². The molecule has 0 saturated heterocycles. The summed E-state index contributed by atoms with van der Waals surface area (Å²) in [5.74, 6) is 1.25. The van der Waals surface area contributed by atoms with Gasteiger partial charge in [-0.1, -0.05) is 49.2 Å². The van der Waals surface area contributed by atoms with Crippen molar-refractivity contribution in [3.8, 4) is 6.07 Å². The maximum Gasteiger partial charge on any atom is 0.0991 e. The van der Waals surface area contributed by atoms with Gasteiger partial charge in [0.15, 0.2) is 0 Å². The lowest BCUT2D eigenvalue weighted by atomic mass is 9.65. The van der Waals surface area contributed by atoms with Crippen LogP contribution in [-0.2, 0) is 0 Å². The van der Waals surface area contributed by atoms with Crippen molar-refractivity contribution in [2.45, 2.75) is 45.6 Å². The largest absolute Gasteiger partial charge is 0.387 e. The van der Waals surface area contributed by atoms with Crippen LogP contribution in [0.2, 0.25) is 10.0 Å². The van der Waals surface area contributed by atoms with E-state index in [4.69, 9.17) is 23.2 Å². The molecule has 0 aromatic heterocycles. The third kappa shape index (κ3) is 3.21. The summed E-state index contributed by atoms with van der Waals surface area (Å²) in [6.45, 7) is 4.43. The molecule has 0 radical (unpaired) electrons. The molecule has 1 aromatic rings. The Hall–Kier alpha value is -0.750. The van der Waals surface area contributed by atoms with Gasteiger partial charge in [-0.25, -0.2) is 0 Å². The highest BCUT2D eigenvalue weighted by molar-refractivity contribution is 6.42. The Morgan fingerprint density at radius 1 is 1.29 bits per heavy atom. The van der Waals surface area contributed by atoms with Gasteiger partial charge in [0.25, 0.3) is 0 Å². The van der Waals surface area contributed by atoms with Crippen molar-refractivity contribution >= 4 is 23.2 Å². The quantitative estimate of drug-likeness (QED) is 0.810. The standard InChI is InChI=1S/C17H21Cl2NO/c1-11(2)12-6-8-17(10-20,9-7-12)16(21)13-4-3-5-14(18)15(13)19/h3-5,11-12,16,21H,6-9H2,1-2H3. The molecule has 1 aromatic carbocycles. The van der Waals surface area contributed by atoms with Gasteiger partial charge in [-0.05, 0) is 43.6 Å². The van der Waals surface area contributed by atoms with Crippen molar-refractivity contribution in [1.82, 2.24) is 0 Å². The van der Waals surface area contributed by atoms with E-state index in [1.54, 1.807) is 18.2 Å². The van der Waals surface area contributed by atoms with Crippen molar-refractivity contribution in [1.29, 1.82) is 5.26 Å². The first kappa shape index (κ1) is 16.6. The zero-order valence-corrected chi connectivity index (χ0v) is 14.0. The lowest BCUT2D eigenvalue weighted by Gasteiger charge is -2.39. The van der Waals surface area contributed by atoms with Crippen LogP contribution in [0.25, 0.3) is 0 Å². The third-order valence-electron chi connectivity index (χ3n) is 4.89. The predicted octanol–water partition coefficient (Wildman–Crippen LogP) is 5.38. The van der Waals surface area contributed by atoms with E-state index in [1.807, 2.05) is 0 Å². The van der Waals surface area contributed by atoms with E-state index in [0.29, 0.717) is 40.3 Å². The van der Waals surface area contributed by atoms with Crippen LogP contribution in [0.3, 0.4) is 0 Å². The Morgan fingerprint density at radius 3 is 2.43 bits per heavy atom. The highest BCUT2D eigenvalue weighted by Crippen LogP contribution is 2.50. The lowest BCUT2D eigenvalue weighted by Crippen LogP contribution is -2.33. The normalized spacial score (nSPS) is 27.4. The molecule has 1 fully saturated rings. The number of hydrogen-bond donors (Lipinski definition) is 1. The summed E-state index contributed by atoms with van der Waals surface area (Å²) in [5, 5.41) is 21.2. The van der Waals surface area contributed by atoms with E-state index in [-0.39, 0.29) is 0 Å². The number of aliphatic hydroxyl groups is 1. The minimum atomic E-state index is -0.887. The second kappa shape index (κ2) is 6.57. The Morgan fingerprint density at radius 2 is 1.90 bits per heavy atom. The zero-order chi connectivity index (χ0) is 15.6. The van der Waals surface area contributed by atoms with Gasteiger partial charge in [-0.3, -0.25) is 0 Å². The van der Waals surface area contributed by atoms with Crippen LogP contribution in [0.15, 0.2) is 18.2 Å². The molecule has 1 atom stereocenters. The van der Waals surface area contributed by atoms with Crippen molar-refractivity contribution in [3.05, 3.63) is 33.8 Å². The summed E-state index contributed by atoms with van der Waals surface area (Å²) >= 11 is 12.2. The van der Waals surface area contributed by atoms with Gasteiger partial charge in [0.1, 0.15) is 0 Å². The van der Waals surface area contributed by atoms with Crippen LogP contribution in [-0.4, -0.2) is 5.11 Å². The second-order valence-corrected chi connectivity index (χ2v) is 7.18. The molecule has 1 aliphatic rings. The summed E-state index contributed by atoms with van der Waals surface area (Å²) in [5.41, 5.74) is -0.187. The third-order valence-corrected chi connectivity index (χ3v) is 5.72. The van der Waals surface area contributed by atoms with E-state index in [9.17, 15) is 10.4 Å². The van der Waals surface area contributed by atoms with Crippen LogP contribution in [0.5, 0.6) is 0 Å². The molecule has 4 heteroatoms. The number of nitriles is 1. The number of halogens is 2. The van der Waals surface area contributed by atoms with Crippen LogP contribution in [0.1, 0.15) is 51.2 Å². The molecular formula is C17H21Cl2NO. The molecule has 0 spiro atoms.